The van der Waals surface area contributed by atoms with E-state index in [9.17, 15) is 13.2 Å². The van der Waals surface area contributed by atoms with Crippen molar-refractivity contribution in [2.75, 3.05) is 24.2 Å². The van der Waals surface area contributed by atoms with Gasteiger partial charge >= 0.3 is 0 Å². The highest BCUT2D eigenvalue weighted by atomic mass is 32.2. The van der Waals surface area contributed by atoms with E-state index in [0.717, 1.165) is 29.5 Å². The van der Waals surface area contributed by atoms with Gasteiger partial charge in [0.15, 0.2) is 21.4 Å². The number of aryl methyl sites for hydroxylation is 2. The fourth-order valence-corrected chi connectivity index (χ4v) is 4.82. The van der Waals surface area contributed by atoms with Gasteiger partial charge in [0.2, 0.25) is 0 Å². The van der Waals surface area contributed by atoms with E-state index >= 15 is 0 Å². The molecule has 8 heteroatoms. The Labute approximate surface area is 151 Å². The molecule has 1 fully saturated rings. The number of anilines is 1. The molecular weight excluding hydrogens is 358 g/mol. The maximum atomic E-state index is 12.8. The molecule has 3 heterocycles. The molecule has 3 rings (SSSR count). The second-order valence-electron chi connectivity index (χ2n) is 6.46. The molecule has 1 aliphatic heterocycles. The smallest absolute Gasteiger partial charge is 0.180 e. The SMILES string of the molecule is Cc1ncc(S(C)(=O)=O)c(N2CCC[C@@H](C(=O)c3sccc3C)C2)n1. The predicted octanol–water partition coefficient (Wildman–Crippen LogP) is 2.66. The number of thiophene rings is 1. The molecule has 2 aromatic heterocycles. The standard InChI is InChI=1S/C17H21N3O3S2/c1-11-6-8-24-16(11)15(21)13-5-4-7-20(10-13)17-14(25(3,22)23)9-18-12(2)19-17/h6,8-9,13H,4-5,7,10H2,1-3H3/t13-/m1/s1. The van der Waals surface area contributed by atoms with Gasteiger partial charge in [-0.15, -0.1) is 11.3 Å². The number of Topliss-reactive ketones (excluding diaryl/α,β-unsaturated/α-hetero) is 1. The summed E-state index contributed by atoms with van der Waals surface area (Å²) < 4.78 is 24.2. The van der Waals surface area contributed by atoms with Gasteiger partial charge in [-0.05, 0) is 43.7 Å². The van der Waals surface area contributed by atoms with Crippen molar-refractivity contribution in [3.05, 3.63) is 33.9 Å². The van der Waals surface area contributed by atoms with Crippen LogP contribution in [0.5, 0.6) is 0 Å². The zero-order chi connectivity index (χ0) is 18.2. The van der Waals surface area contributed by atoms with Gasteiger partial charge in [0.05, 0.1) is 11.1 Å². The van der Waals surface area contributed by atoms with Gasteiger partial charge < -0.3 is 4.90 Å². The number of sulfone groups is 1. The van der Waals surface area contributed by atoms with Crippen molar-refractivity contribution in [3.8, 4) is 0 Å². The second kappa shape index (κ2) is 6.84. The molecule has 25 heavy (non-hydrogen) atoms. The van der Waals surface area contributed by atoms with Crippen LogP contribution in [0.2, 0.25) is 0 Å². The van der Waals surface area contributed by atoms with Crippen molar-refractivity contribution in [2.24, 2.45) is 5.92 Å². The van der Waals surface area contributed by atoms with E-state index in [1.54, 1.807) is 6.92 Å². The van der Waals surface area contributed by atoms with Crippen LogP contribution in [0.4, 0.5) is 5.82 Å². The Morgan fingerprint density at radius 3 is 2.76 bits per heavy atom. The van der Waals surface area contributed by atoms with Gasteiger partial charge in [0.1, 0.15) is 10.7 Å². The largest absolute Gasteiger partial charge is 0.355 e. The van der Waals surface area contributed by atoms with Crippen LogP contribution in [0.25, 0.3) is 0 Å². The molecule has 1 saturated heterocycles. The van der Waals surface area contributed by atoms with Crippen LogP contribution in [-0.2, 0) is 9.84 Å². The van der Waals surface area contributed by atoms with Gasteiger partial charge in [0.25, 0.3) is 0 Å². The Bertz CT molecular complexity index is 906. The maximum absolute atomic E-state index is 12.8. The summed E-state index contributed by atoms with van der Waals surface area (Å²) in [7, 11) is -3.44. The lowest BCUT2D eigenvalue weighted by atomic mass is 9.92. The molecule has 0 bridgehead atoms. The highest BCUT2D eigenvalue weighted by Crippen LogP contribution is 2.30. The van der Waals surface area contributed by atoms with Gasteiger partial charge in [-0.1, -0.05) is 0 Å². The molecule has 0 N–H and O–H groups in total. The van der Waals surface area contributed by atoms with Crippen LogP contribution < -0.4 is 4.90 Å². The minimum Gasteiger partial charge on any atom is -0.355 e. The van der Waals surface area contributed by atoms with Crippen molar-refractivity contribution in [3.63, 3.8) is 0 Å². The molecule has 0 aromatic carbocycles. The van der Waals surface area contributed by atoms with Gasteiger partial charge in [-0.25, -0.2) is 18.4 Å². The minimum absolute atomic E-state index is 0.124. The highest BCUT2D eigenvalue weighted by Gasteiger charge is 2.31. The maximum Gasteiger partial charge on any atom is 0.180 e. The highest BCUT2D eigenvalue weighted by molar-refractivity contribution is 7.90. The first kappa shape index (κ1) is 18.0. The molecule has 1 aliphatic rings. The number of hydrogen-bond acceptors (Lipinski definition) is 7. The Balaban J connectivity index is 1.91. The summed E-state index contributed by atoms with van der Waals surface area (Å²) in [6.45, 7) is 4.85. The third kappa shape index (κ3) is 3.74. The van der Waals surface area contributed by atoms with E-state index in [-0.39, 0.29) is 16.6 Å². The lowest BCUT2D eigenvalue weighted by Crippen LogP contribution is -2.40. The zero-order valence-electron chi connectivity index (χ0n) is 14.5. The van der Waals surface area contributed by atoms with Crippen LogP contribution in [0.3, 0.4) is 0 Å². The average molecular weight is 380 g/mol. The Kier molecular flexibility index (Phi) is 4.92. The quantitative estimate of drug-likeness (QED) is 0.760. The van der Waals surface area contributed by atoms with Gasteiger partial charge in [-0.2, -0.15) is 0 Å². The summed E-state index contributed by atoms with van der Waals surface area (Å²) in [5, 5.41) is 1.93. The first-order chi connectivity index (χ1) is 11.8. The summed E-state index contributed by atoms with van der Waals surface area (Å²) in [6, 6.07) is 1.95. The van der Waals surface area contributed by atoms with Crippen molar-refractivity contribution in [2.45, 2.75) is 31.6 Å². The number of ketones is 1. The molecule has 0 amide bonds. The molecule has 1 atom stereocenters. The fourth-order valence-electron chi connectivity index (χ4n) is 3.13. The molecule has 2 aromatic rings. The Hall–Kier alpha value is -1.80. The predicted molar refractivity (Wildman–Crippen MR) is 98.2 cm³/mol. The summed E-state index contributed by atoms with van der Waals surface area (Å²) in [6.07, 6.45) is 4.16. The first-order valence-corrected chi connectivity index (χ1v) is 10.9. The fraction of sp³-hybridized carbons (Fsp3) is 0.471. The van der Waals surface area contributed by atoms with Gasteiger partial charge in [-0.3, -0.25) is 4.79 Å². The number of nitrogens with zero attached hydrogens (tertiary/aromatic N) is 3. The van der Waals surface area contributed by atoms with Crippen molar-refractivity contribution >= 4 is 32.8 Å². The third-order valence-electron chi connectivity index (χ3n) is 4.43. The lowest BCUT2D eigenvalue weighted by molar-refractivity contribution is 0.0910. The number of hydrogen-bond donors (Lipinski definition) is 0. The van der Waals surface area contributed by atoms with Crippen LogP contribution in [0, 0.1) is 19.8 Å². The lowest BCUT2D eigenvalue weighted by Gasteiger charge is -2.33. The number of carbonyl (C=O) groups excluding carboxylic acids is 1. The topological polar surface area (TPSA) is 80.2 Å². The number of aromatic nitrogens is 2. The van der Waals surface area contributed by atoms with Crippen molar-refractivity contribution < 1.29 is 13.2 Å². The summed E-state index contributed by atoms with van der Waals surface area (Å²) >= 11 is 1.47. The molecule has 6 nitrogen and oxygen atoms in total. The van der Waals surface area contributed by atoms with Crippen LogP contribution >= 0.6 is 11.3 Å². The third-order valence-corrected chi connectivity index (χ3v) is 6.55. The second-order valence-corrected chi connectivity index (χ2v) is 9.36. The normalized spacial score (nSPS) is 18.4. The van der Waals surface area contributed by atoms with Crippen molar-refractivity contribution in [1.29, 1.82) is 0 Å². The molecule has 134 valence electrons. The molecular formula is C17H21N3O3S2. The van der Waals surface area contributed by atoms with E-state index in [1.807, 2.05) is 23.3 Å². The van der Waals surface area contributed by atoms with E-state index in [0.29, 0.717) is 24.7 Å². The summed E-state index contributed by atoms with van der Waals surface area (Å²) in [5.74, 6) is 0.929. The van der Waals surface area contributed by atoms with Crippen molar-refractivity contribution in [1.82, 2.24) is 9.97 Å². The molecule has 0 aliphatic carbocycles. The first-order valence-electron chi connectivity index (χ1n) is 8.14. The molecule has 0 spiro atoms. The Morgan fingerprint density at radius 2 is 2.12 bits per heavy atom. The Morgan fingerprint density at radius 1 is 1.36 bits per heavy atom. The monoisotopic (exact) mass is 379 g/mol. The van der Waals surface area contributed by atoms with Crippen LogP contribution in [-0.4, -0.2) is 43.5 Å². The molecule has 0 radical (unpaired) electrons. The number of carbonyl (C=O) groups is 1. The van der Waals surface area contributed by atoms with Gasteiger partial charge in [0, 0.05) is 25.3 Å². The van der Waals surface area contributed by atoms with E-state index in [2.05, 4.69) is 9.97 Å². The molecule has 0 saturated carbocycles. The summed E-state index contributed by atoms with van der Waals surface area (Å²) in [5.41, 5.74) is 1.00. The number of piperidine rings is 1. The summed E-state index contributed by atoms with van der Waals surface area (Å²) in [4.78, 5) is 24.1. The van der Waals surface area contributed by atoms with Crippen LogP contribution in [0.15, 0.2) is 22.5 Å². The van der Waals surface area contributed by atoms with E-state index in [4.69, 9.17) is 0 Å². The average Bonchev–Trinajstić information content (AvgIpc) is 2.99. The minimum atomic E-state index is -3.44. The molecule has 0 unspecified atom stereocenters. The van der Waals surface area contributed by atoms with E-state index < -0.39 is 9.84 Å². The van der Waals surface area contributed by atoms with Crippen LogP contribution in [0.1, 0.15) is 33.9 Å². The van der Waals surface area contributed by atoms with E-state index in [1.165, 1.54) is 17.5 Å². The zero-order valence-corrected chi connectivity index (χ0v) is 16.2. The number of rotatable bonds is 4.